The number of hydrogen-bond donors (Lipinski definition) is 1. The van der Waals surface area contributed by atoms with E-state index in [4.69, 9.17) is 5.73 Å². The molecule has 4 aliphatic carbocycles. The van der Waals surface area contributed by atoms with Crippen LogP contribution in [0.4, 0.5) is 0 Å². The highest BCUT2D eigenvalue weighted by molar-refractivity contribution is 5.10. The second-order valence-electron chi connectivity index (χ2n) is 6.33. The zero-order valence-corrected chi connectivity index (χ0v) is 9.78. The fourth-order valence-corrected chi connectivity index (χ4v) is 5.00. The Hall–Kier alpha value is -0.300. The van der Waals surface area contributed by atoms with Gasteiger partial charge >= 0.3 is 0 Å². The summed E-state index contributed by atoms with van der Waals surface area (Å²) in [5.41, 5.74) is 6.90. The molecule has 4 bridgehead atoms. The molecule has 1 unspecified atom stereocenters. The summed E-state index contributed by atoms with van der Waals surface area (Å²) in [6.45, 7) is 2.10. The maximum absolute atomic E-state index is 6.40. The molecule has 4 saturated carbocycles. The molecule has 0 aromatic heterocycles. The smallest absolute Gasteiger partial charge is 0.0281 e. The van der Waals surface area contributed by atoms with Crippen LogP contribution in [0.5, 0.6) is 0 Å². The zero-order valence-electron chi connectivity index (χ0n) is 9.78. The molecular formula is C14H23N. The average Bonchev–Trinajstić information content (AvgIpc) is 2.15. The summed E-state index contributed by atoms with van der Waals surface area (Å²) in [5.74, 6) is 3.06. The molecule has 84 valence electrons. The molecule has 1 nitrogen and oxygen atoms in total. The van der Waals surface area contributed by atoms with Crippen molar-refractivity contribution in [3.8, 4) is 0 Å². The molecule has 4 aliphatic rings. The Kier molecular flexibility index (Phi) is 2.21. The molecule has 15 heavy (non-hydrogen) atoms. The van der Waals surface area contributed by atoms with Crippen LogP contribution < -0.4 is 5.73 Å². The van der Waals surface area contributed by atoms with Gasteiger partial charge in [-0.3, -0.25) is 0 Å². The van der Waals surface area contributed by atoms with Gasteiger partial charge in [-0.05, 0) is 68.6 Å². The van der Waals surface area contributed by atoms with Crippen LogP contribution in [-0.4, -0.2) is 6.04 Å². The Morgan fingerprint density at radius 2 is 1.53 bits per heavy atom. The highest BCUT2D eigenvalue weighted by Crippen LogP contribution is 2.61. The molecule has 2 N–H and O–H groups in total. The first-order valence-electron chi connectivity index (χ1n) is 6.60. The first-order chi connectivity index (χ1) is 7.22. The molecule has 0 aromatic carbocycles. The maximum Gasteiger partial charge on any atom is 0.0281 e. The van der Waals surface area contributed by atoms with E-state index in [1.165, 1.54) is 38.5 Å². The van der Waals surface area contributed by atoms with Crippen molar-refractivity contribution in [1.29, 1.82) is 0 Å². The Balaban J connectivity index is 1.86. The van der Waals surface area contributed by atoms with Gasteiger partial charge in [-0.2, -0.15) is 0 Å². The second kappa shape index (κ2) is 3.35. The zero-order chi connectivity index (χ0) is 10.5. The van der Waals surface area contributed by atoms with Gasteiger partial charge < -0.3 is 5.73 Å². The lowest BCUT2D eigenvalue weighted by atomic mass is 9.48. The monoisotopic (exact) mass is 205 g/mol. The molecule has 4 rings (SSSR count). The van der Waals surface area contributed by atoms with Crippen LogP contribution in [0.2, 0.25) is 0 Å². The number of rotatable bonds is 2. The van der Waals surface area contributed by atoms with E-state index in [9.17, 15) is 0 Å². The van der Waals surface area contributed by atoms with E-state index < -0.39 is 0 Å². The van der Waals surface area contributed by atoms with E-state index in [0.29, 0.717) is 11.5 Å². The Morgan fingerprint density at radius 1 is 1.07 bits per heavy atom. The van der Waals surface area contributed by atoms with Crippen molar-refractivity contribution >= 4 is 0 Å². The number of allylic oxidation sites excluding steroid dienone is 1. The van der Waals surface area contributed by atoms with E-state index in [-0.39, 0.29) is 0 Å². The number of hydrogen-bond acceptors (Lipinski definition) is 1. The maximum atomic E-state index is 6.40. The molecule has 4 fully saturated rings. The lowest BCUT2D eigenvalue weighted by Crippen LogP contribution is -2.53. The minimum Gasteiger partial charge on any atom is -0.324 e. The lowest BCUT2D eigenvalue weighted by molar-refractivity contribution is -0.0590. The third-order valence-corrected chi connectivity index (χ3v) is 5.19. The largest absolute Gasteiger partial charge is 0.324 e. The van der Waals surface area contributed by atoms with Gasteiger partial charge in [-0.15, -0.1) is 0 Å². The van der Waals surface area contributed by atoms with Gasteiger partial charge in [0.25, 0.3) is 0 Å². The first-order valence-corrected chi connectivity index (χ1v) is 6.60. The third-order valence-electron chi connectivity index (χ3n) is 5.19. The normalized spacial score (nSPS) is 50.1. The van der Waals surface area contributed by atoms with Crippen molar-refractivity contribution in [2.24, 2.45) is 28.9 Å². The predicted octanol–water partition coefficient (Wildman–Crippen LogP) is 3.11. The first kappa shape index (κ1) is 9.89. The quantitative estimate of drug-likeness (QED) is 0.689. The summed E-state index contributed by atoms with van der Waals surface area (Å²) >= 11 is 0. The van der Waals surface area contributed by atoms with Crippen LogP contribution in [0.15, 0.2) is 12.2 Å². The molecule has 0 aliphatic heterocycles. The van der Waals surface area contributed by atoms with E-state index in [2.05, 4.69) is 19.1 Å². The van der Waals surface area contributed by atoms with Gasteiger partial charge in [0.1, 0.15) is 0 Å². The summed E-state index contributed by atoms with van der Waals surface area (Å²) in [4.78, 5) is 0. The molecule has 0 spiro atoms. The van der Waals surface area contributed by atoms with Gasteiger partial charge in [0, 0.05) is 6.04 Å². The fourth-order valence-electron chi connectivity index (χ4n) is 5.00. The van der Waals surface area contributed by atoms with Crippen molar-refractivity contribution in [3.63, 3.8) is 0 Å². The summed E-state index contributed by atoms with van der Waals surface area (Å²) in [6.07, 6.45) is 13.2. The molecule has 0 saturated heterocycles. The summed E-state index contributed by atoms with van der Waals surface area (Å²) < 4.78 is 0. The van der Waals surface area contributed by atoms with Crippen LogP contribution in [0, 0.1) is 23.2 Å². The molecule has 0 radical (unpaired) electrons. The Bertz CT molecular complexity index is 244. The van der Waals surface area contributed by atoms with Gasteiger partial charge in [-0.1, -0.05) is 12.2 Å². The topological polar surface area (TPSA) is 26.0 Å². The van der Waals surface area contributed by atoms with Crippen LogP contribution in [0.25, 0.3) is 0 Å². The minimum atomic E-state index is 0.330. The molecule has 0 aromatic rings. The standard InChI is InChI=1S/C14H23N/c1-2-3-13(15)14-7-10-4-11(8-14)6-12(5-10)9-14/h2-3,10-13H,4-9,15H2,1H3/b3-2+. The van der Waals surface area contributed by atoms with Gasteiger partial charge in [0.2, 0.25) is 0 Å². The van der Waals surface area contributed by atoms with E-state index in [1.54, 1.807) is 0 Å². The third kappa shape index (κ3) is 1.47. The predicted molar refractivity (Wildman–Crippen MR) is 63.4 cm³/mol. The Morgan fingerprint density at radius 3 is 1.93 bits per heavy atom. The molecule has 1 heteroatoms. The van der Waals surface area contributed by atoms with E-state index >= 15 is 0 Å². The molecular weight excluding hydrogens is 182 g/mol. The van der Waals surface area contributed by atoms with Crippen molar-refractivity contribution < 1.29 is 0 Å². The van der Waals surface area contributed by atoms with Crippen molar-refractivity contribution in [2.45, 2.75) is 51.5 Å². The lowest BCUT2D eigenvalue weighted by Gasteiger charge is -2.58. The van der Waals surface area contributed by atoms with Crippen LogP contribution in [0.1, 0.15) is 45.4 Å². The molecule has 1 atom stereocenters. The van der Waals surface area contributed by atoms with Crippen molar-refractivity contribution in [2.75, 3.05) is 0 Å². The van der Waals surface area contributed by atoms with Crippen molar-refractivity contribution in [3.05, 3.63) is 12.2 Å². The summed E-state index contributed by atoms with van der Waals surface area (Å²) in [7, 11) is 0. The van der Waals surface area contributed by atoms with E-state index in [0.717, 1.165) is 17.8 Å². The molecule has 0 heterocycles. The highest BCUT2D eigenvalue weighted by Gasteiger charge is 2.52. The summed E-state index contributed by atoms with van der Waals surface area (Å²) in [5, 5.41) is 0. The molecule has 0 amide bonds. The van der Waals surface area contributed by atoms with E-state index in [1.807, 2.05) is 0 Å². The highest BCUT2D eigenvalue weighted by atomic mass is 14.7. The van der Waals surface area contributed by atoms with Gasteiger partial charge in [0.05, 0.1) is 0 Å². The van der Waals surface area contributed by atoms with Crippen molar-refractivity contribution in [1.82, 2.24) is 0 Å². The van der Waals surface area contributed by atoms with Gasteiger partial charge in [-0.25, -0.2) is 0 Å². The van der Waals surface area contributed by atoms with Gasteiger partial charge in [0.15, 0.2) is 0 Å². The second-order valence-corrected chi connectivity index (χ2v) is 6.33. The fraction of sp³-hybridized carbons (Fsp3) is 0.857. The Labute approximate surface area is 93.1 Å². The average molecular weight is 205 g/mol. The van der Waals surface area contributed by atoms with Crippen LogP contribution >= 0.6 is 0 Å². The summed E-state index contributed by atoms with van der Waals surface area (Å²) in [6, 6.07) is 0.330. The SMILES string of the molecule is C/C=C/C(N)C12CC3CC(CC(C3)C1)C2. The van der Waals surface area contributed by atoms with Crippen LogP contribution in [0.3, 0.4) is 0 Å². The number of nitrogens with two attached hydrogens (primary N) is 1. The van der Waals surface area contributed by atoms with Crippen LogP contribution in [-0.2, 0) is 0 Å². The minimum absolute atomic E-state index is 0.330.